The quantitative estimate of drug-likeness (QED) is 0.919. The van der Waals surface area contributed by atoms with E-state index in [0.717, 1.165) is 19.7 Å². The first-order chi connectivity index (χ1) is 8.35. The minimum absolute atomic E-state index is 0.159. The monoisotopic (exact) mass is 327 g/mol. The number of carboxylic acids is 1. The minimum atomic E-state index is -0.760. The van der Waals surface area contributed by atoms with Crippen LogP contribution in [-0.4, -0.2) is 16.1 Å². The number of thiazole rings is 1. The molecule has 0 unspecified atom stereocenters. The standard InChI is InChI=1S/C13H14BrNO2S/c1-13(2,7-12(16)17)6-11-15-9-5-8(14)3-4-10(9)18-11/h3-5H,6-7H2,1-2H3,(H,16,17). The SMILES string of the molecule is CC(C)(CC(=O)O)Cc1nc2cc(Br)ccc2s1. The maximum atomic E-state index is 10.8. The first kappa shape index (κ1) is 13.5. The Kier molecular flexibility index (Phi) is 3.73. The van der Waals surface area contributed by atoms with Crippen LogP contribution in [0.2, 0.25) is 0 Å². The predicted octanol–water partition coefficient (Wildman–Crippen LogP) is 4.10. The third kappa shape index (κ3) is 3.29. The number of benzene rings is 1. The van der Waals surface area contributed by atoms with Crippen molar-refractivity contribution in [2.45, 2.75) is 26.7 Å². The van der Waals surface area contributed by atoms with Gasteiger partial charge in [0, 0.05) is 10.9 Å². The molecule has 0 aliphatic carbocycles. The summed E-state index contributed by atoms with van der Waals surface area (Å²) in [5, 5.41) is 9.87. The van der Waals surface area contributed by atoms with Crippen LogP contribution in [0.1, 0.15) is 25.3 Å². The molecule has 0 atom stereocenters. The summed E-state index contributed by atoms with van der Waals surface area (Å²) < 4.78 is 2.15. The fraction of sp³-hybridized carbons (Fsp3) is 0.385. The highest BCUT2D eigenvalue weighted by atomic mass is 79.9. The van der Waals surface area contributed by atoms with E-state index in [1.165, 1.54) is 0 Å². The van der Waals surface area contributed by atoms with Gasteiger partial charge in [-0.3, -0.25) is 4.79 Å². The van der Waals surface area contributed by atoms with E-state index >= 15 is 0 Å². The molecule has 18 heavy (non-hydrogen) atoms. The molecule has 1 aromatic heterocycles. The average Bonchev–Trinajstić information content (AvgIpc) is 2.55. The molecule has 3 nitrogen and oxygen atoms in total. The summed E-state index contributed by atoms with van der Waals surface area (Å²) in [5.41, 5.74) is 0.701. The second-order valence-corrected chi connectivity index (χ2v) is 7.16. The molecule has 1 heterocycles. The third-order valence-corrected chi connectivity index (χ3v) is 4.18. The molecule has 0 fully saturated rings. The Labute approximate surface area is 118 Å². The topological polar surface area (TPSA) is 50.2 Å². The molecular formula is C13H14BrNO2S. The molecule has 0 saturated carbocycles. The zero-order valence-corrected chi connectivity index (χ0v) is 12.6. The van der Waals surface area contributed by atoms with Gasteiger partial charge >= 0.3 is 5.97 Å². The summed E-state index contributed by atoms with van der Waals surface area (Å²) in [4.78, 5) is 15.4. The highest BCUT2D eigenvalue weighted by Crippen LogP contribution is 2.31. The first-order valence-corrected chi connectivity index (χ1v) is 7.23. The van der Waals surface area contributed by atoms with E-state index in [1.807, 2.05) is 32.0 Å². The molecule has 0 amide bonds. The Morgan fingerprint density at radius 1 is 1.50 bits per heavy atom. The van der Waals surface area contributed by atoms with Crippen LogP contribution in [-0.2, 0) is 11.2 Å². The van der Waals surface area contributed by atoms with Gasteiger partial charge in [0.05, 0.1) is 21.6 Å². The zero-order chi connectivity index (χ0) is 13.3. The Hall–Kier alpha value is -0.940. The normalized spacial score (nSPS) is 11.9. The van der Waals surface area contributed by atoms with Crippen molar-refractivity contribution >= 4 is 43.5 Å². The first-order valence-electron chi connectivity index (χ1n) is 5.62. The molecule has 96 valence electrons. The number of aromatic nitrogens is 1. The molecule has 1 N–H and O–H groups in total. The van der Waals surface area contributed by atoms with E-state index in [4.69, 9.17) is 5.11 Å². The van der Waals surface area contributed by atoms with Gasteiger partial charge in [0.25, 0.3) is 0 Å². The smallest absolute Gasteiger partial charge is 0.303 e. The zero-order valence-electron chi connectivity index (χ0n) is 10.2. The molecule has 0 aliphatic rings. The van der Waals surface area contributed by atoms with E-state index in [0.29, 0.717) is 6.42 Å². The maximum absolute atomic E-state index is 10.8. The molecule has 0 radical (unpaired) electrons. The van der Waals surface area contributed by atoms with Crippen LogP contribution in [0, 0.1) is 5.41 Å². The number of fused-ring (bicyclic) bond motifs is 1. The second kappa shape index (κ2) is 4.97. The highest BCUT2D eigenvalue weighted by Gasteiger charge is 2.24. The van der Waals surface area contributed by atoms with Crippen molar-refractivity contribution < 1.29 is 9.90 Å². The highest BCUT2D eigenvalue weighted by molar-refractivity contribution is 9.10. The van der Waals surface area contributed by atoms with Crippen LogP contribution < -0.4 is 0 Å². The summed E-state index contributed by atoms with van der Waals surface area (Å²) in [6, 6.07) is 6.01. The van der Waals surface area contributed by atoms with E-state index in [9.17, 15) is 4.79 Å². The average molecular weight is 328 g/mol. The van der Waals surface area contributed by atoms with Gasteiger partial charge < -0.3 is 5.11 Å². The number of hydrogen-bond donors (Lipinski definition) is 1. The summed E-state index contributed by atoms with van der Waals surface area (Å²) in [5.74, 6) is -0.760. The Balaban J connectivity index is 2.24. The number of aliphatic carboxylic acids is 1. The van der Waals surface area contributed by atoms with Gasteiger partial charge in [0.2, 0.25) is 0 Å². The van der Waals surface area contributed by atoms with Gasteiger partial charge in [0.1, 0.15) is 0 Å². The van der Waals surface area contributed by atoms with Crippen LogP contribution in [0.25, 0.3) is 10.2 Å². The number of hydrogen-bond acceptors (Lipinski definition) is 3. The van der Waals surface area contributed by atoms with Gasteiger partial charge in [-0.15, -0.1) is 11.3 Å². The Morgan fingerprint density at radius 3 is 2.89 bits per heavy atom. The fourth-order valence-electron chi connectivity index (χ4n) is 1.91. The van der Waals surface area contributed by atoms with E-state index in [2.05, 4.69) is 20.9 Å². The third-order valence-electron chi connectivity index (χ3n) is 2.65. The lowest BCUT2D eigenvalue weighted by atomic mass is 9.86. The van der Waals surface area contributed by atoms with Crippen molar-refractivity contribution in [3.63, 3.8) is 0 Å². The van der Waals surface area contributed by atoms with Gasteiger partial charge in [-0.25, -0.2) is 4.98 Å². The van der Waals surface area contributed by atoms with Gasteiger partial charge in [-0.05, 0) is 23.6 Å². The molecule has 5 heteroatoms. The number of carboxylic acid groups (broad SMARTS) is 1. The van der Waals surface area contributed by atoms with Gasteiger partial charge in [0.15, 0.2) is 0 Å². The lowest BCUT2D eigenvalue weighted by Crippen LogP contribution is -2.19. The van der Waals surface area contributed by atoms with Gasteiger partial charge in [-0.1, -0.05) is 29.8 Å². The fourth-order valence-corrected chi connectivity index (χ4v) is 3.46. The summed E-state index contributed by atoms with van der Waals surface area (Å²) in [6.07, 6.45) is 0.850. The minimum Gasteiger partial charge on any atom is -0.481 e. The van der Waals surface area contributed by atoms with Crippen LogP contribution in [0.5, 0.6) is 0 Å². The summed E-state index contributed by atoms with van der Waals surface area (Å²) >= 11 is 5.06. The molecule has 2 rings (SSSR count). The maximum Gasteiger partial charge on any atom is 0.303 e. The largest absolute Gasteiger partial charge is 0.481 e. The number of rotatable bonds is 4. The van der Waals surface area contributed by atoms with Crippen LogP contribution in [0.15, 0.2) is 22.7 Å². The van der Waals surface area contributed by atoms with Crippen molar-refractivity contribution in [1.29, 1.82) is 0 Å². The Bertz CT molecular complexity index is 592. The van der Waals surface area contributed by atoms with Crippen molar-refractivity contribution in [2.24, 2.45) is 5.41 Å². The number of halogens is 1. The second-order valence-electron chi connectivity index (χ2n) is 5.13. The predicted molar refractivity (Wildman–Crippen MR) is 77.1 cm³/mol. The molecule has 1 aromatic carbocycles. The van der Waals surface area contributed by atoms with E-state index < -0.39 is 5.97 Å². The number of nitrogens with zero attached hydrogens (tertiary/aromatic N) is 1. The number of carbonyl (C=O) groups is 1. The van der Waals surface area contributed by atoms with E-state index in [1.54, 1.807) is 11.3 Å². The van der Waals surface area contributed by atoms with Crippen molar-refractivity contribution in [2.75, 3.05) is 0 Å². The summed E-state index contributed by atoms with van der Waals surface area (Å²) in [7, 11) is 0. The molecular weight excluding hydrogens is 314 g/mol. The molecule has 0 aliphatic heterocycles. The lowest BCUT2D eigenvalue weighted by Gasteiger charge is -2.20. The van der Waals surface area contributed by atoms with Crippen LogP contribution in [0.4, 0.5) is 0 Å². The lowest BCUT2D eigenvalue weighted by molar-refractivity contribution is -0.139. The van der Waals surface area contributed by atoms with Gasteiger partial charge in [-0.2, -0.15) is 0 Å². The van der Waals surface area contributed by atoms with Crippen molar-refractivity contribution in [1.82, 2.24) is 4.98 Å². The van der Waals surface area contributed by atoms with E-state index in [-0.39, 0.29) is 11.8 Å². The van der Waals surface area contributed by atoms with Crippen molar-refractivity contribution in [3.8, 4) is 0 Å². The Morgan fingerprint density at radius 2 is 2.22 bits per heavy atom. The van der Waals surface area contributed by atoms with Crippen molar-refractivity contribution in [3.05, 3.63) is 27.7 Å². The molecule has 0 saturated heterocycles. The summed E-state index contributed by atoms with van der Waals surface area (Å²) in [6.45, 7) is 3.92. The molecule has 2 aromatic rings. The van der Waals surface area contributed by atoms with Crippen LogP contribution >= 0.6 is 27.3 Å². The molecule has 0 bridgehead atoms. The molecule has 0 spiro atoms. The van der Waals surface area contributed by atoms with Crippen LogP contribution in [0.3, 0.4) is 0 Å².